The molecule has 6 nitrogen and oxygen atoms in total. The first kappa shape index (κ1) is 13.0. The Morgan fingerprint density at radius 1 is 1.41 bits per heavy atom. The Balaban J connectivity index is 2.98. The van der Waals surface area contributed by atoms with Crippen molar-refractivity contribution in [2.45, 2.75) is 19.1 Å². The van der Waals surface area contributed by atoms with Gasteiger partial charge >= 0.3 is 11.7 Å². The van der Waals surface area contributed by atoms with Crippen LogP contribution in [0.5, 0.6) is 5.75 Å². The molecule has 0 radical (unpaired) electrons. The summed E-state index contributed by atoms with van der Waals surface area (Å²) in [6, 6.07) is 8.58. The first-order valence-electron chi connectivity index (χ1n) is 5.07. The Kier molecular flexibility index (Phi) is 4.45. The van der Waals surface area contributed by atoms with Crippen LogP contribution < -0.4 is 4.74 Å². The summed E-state index contributed by atoms with van der Waals surface area (Å²) in [7, 11) is 1.29. The second-order valence-corrected chi connectivity index (χ2v) is 3.22. The number of ether oxygens (including phenoxy) is 1. The summed E-state index contributed by atoms with van der Waals surface area (Å²) in [4.78, 5) is 15.6. The van der Waals surface area contributed by atoms with E-state index in [1.165, 1.54) is 7.11 Å². The molecule has 0 aliphatic heterocycles. The fourth-order valence-corrected chi connectivity index (χ4v) is 1.19. The molecule has 1 atom stereocenters. The van der Waals surface area contributed by atoms with E-state index in [4.69, 9.17) is 4.74 Å². The van der Waals surface area contributed by atoms with Crippen molar-refractivity contribution in [3.05, 3.63) is 30.3 Å². The van der Waals surface area contributed by atoms with E-state index in [1.54, 1.807) is 37.3 Å². The lowest BCUT2D eigenvalue weighted by Gasteiger charge is -2.23. The van der Waals surface area contributed by atoms with Gasteiger partial charge in [-0.15, -0.1) is 0 Å². The minimum absolute atomic E-state index is 0.129. The third-order valence-corrected chi connectivity index (χ3v) is 2.13. The van der Waals surface area contributed by atoms with Gasteiger partial charge in [0.25, 0.3) is 0 Å². The van der Waals surface area contributed by atoms with E-state index < -0.39 is 11.7 Å². The second-order valence-electron chi connectivity index (χ2n) is 3.22. The quantitative estimate of drug-likeness (QED) is 0.609. The number of nitrogens with zero attached hydrogens (tertiary/aromatic N) is 2. The number of benzene rings is 1. The van der Waals surface area contributed by atoms with Gasteiger partial charge in [0.05, 0.1) is 0 Å². The molecule has 0 bridgehead atoms. The van der Waals surface area contributed by atoms with E-state index in [2.05, 4.69) is 15.2 Å². The van der Waals surface area contributed by atoms with Gasteiger partial charge in [0.1, 0.15) is 12.9 Å². The van der Waals surface area contributed by atoms with Gasteiger partial charge in [-0.3, -0.25) is 0 Å². The molecule has 0 heterocycles. The fourth-order valence-electron chi connectivity index (χ4n) is 1.19. The topological polar surface area (TPSA) is 80.5 Å². The van der Waals surface area contributed by atoms with Crippen LogP contribution in [0, 0.1) is 0 Å². The first-order valence-corrected chi connectivity index (χ1v) is 5.07. The zero-order valence-electron chi connectivity index (χ0n) is 9.66. The molecule has 1 N–H and O–H groups in total. The van der Waals surface area contributed by atoms with Gasteiger partial charge in [-0.25, -0.2) is 4.79 Å². The number of hydrogen-bond acceptors (Lipinski definition) is 5. The van der Waals surface area contributed by atoms with Gasteiger partial charge in [-0.05, 0) is 12.1 Å². The molecule has 0 aliphatic carbocycles. The molecule has 0 amide bonds. The van der Waals surface area contributed by atoms with Gasteiger partial charge in [0.2, 0.25) is 0 Å². The van der Waals surface area contributed by atoms with Crippen LogP contribution in [-0.4, -0.2) is 23.9 Å². The number of carboxylic acid groups (broad SMARTS) is 1. The Morgan fingerprint density at radius 2 is 2.06 bits per heavy atom. The molecule has 1 rings (SSSR count). The average molecular weight is 238 g/mol. The molecule has 0 aliphatic rings. The van der Waals surface area contributed by atoms with Crippen LogP contribution in [0.3, 0.4) is 0 Å². The van der Waals surface area contributed by atoms with E-state index >= 15 is 0 Å². The number of carboxylic acids is 1. The lowest BCUT2D eigenvalue weighted by atomic mass is 10.1. The number of para-hydroxylation sites is 1. The van der Waals surface area contributed by atoms with E-state index in [0.29, 0.717) is 5.75 Å². The molecule has 92 valence electrons. The van der Waals surface area contributed by atoms with Crippen LogP contribution in [0.2, 0.25) is 0 Å². The lowest BCUT2D eigenvalue weighted by molar-refractivity contribution is -0.156. The Hall–Kier alpha value is -2.11. The maximum Gasteiger partial charge on any atom is 0.373 e. The largest absolute Gasteiger partial charge is 0.477 e. The predicted molar refractivity (Wildman–Crippen MR) is 59.6 cm³/mol. The maximum absolute atomic E-state index is 11.2. The highest BCUT2D eigenvalue weighted by molar-refractivity contribution is 5.77. The molecule has 0 saturated heterocycles. The minimum atomic E-state index is -1.75. The van der Waals surface area contributed by atoms with Gasteiger partial charge in [0, 0.05) is 11.7 Å². The third kappa shape index (κ3) is 3.17. The third-order valence-electron chi connectivity index (χ3n) is 2.13. The minimum Gasteiger partial charge on any atom is -0.477 e. The van der Waals surface area contributed by atoms with Gasteiger partial charge in [0.15, 0.2) is 0 Å². The van der Waals surface area contributed by atoms with Crippen LogP contribution in [0.4, 0.5) is 0 Å². The smallest absolute Gasteiger partial charge is 0.373 e. The Labute approximate surface area is 98.8 Å². The molecule has 0 saturated carbocycles. The van der Waals surface area contributed by atoms with Crippen molar-refractivity contribution in [3.63, 3.8) is 0 Å². The molecule has 0 aromatic heterocycles. The highest BCUT2D eigenvalue weighted by Crippen LogP contribution is 2.23. The van der Waals surface area contributed by atoms with Gasteiger partial charge in [-0.1, -0.05) is 30.2 Å². The highest BCUT2D eigenvalue weighted by Gasteiger charge is 2.40. The summed E-state index contributed by atoms with van der Waals surface area (Å²) in [6.07, 6.45) is 0.129. The van der Waals surface area contributed by atoms with Crippen LogP contribution >= 0.6 is 0 Å². The van der Waals surface area contributed by atoms with E-state index in [9.17, 15) is 9.90 Å². The zero-order valence-corrected chi connectivity index (χ0v) is 9.66. The van der Waals surface area contributed by atoms with Crippen LogP contribution in [0.25, 0.3) is 0 Å². The summed E-state index contributed by atoms with van der Waals surface area (Å²) in [6.45, 7) is 1.64. The van der Waals surface area contributed by atoms with E-state index in [0.717, 1.165) is 0 Å². The van der Waals surface area contributed by atoms with Crippen molar-refractivity contribution in [2.24, 2.45) is 10.4 Å². The van der Waals surface area contributed by atoms with Crippen molar-refractivity contribution < 1.29 is 19.5 Å². The van der Waals surface area contributed by atoms with E-state index in [-0.39, 0.29) is 6.42 Å². The summed E-state index contributed by atoms with van der Waals surface area (Å²) in [5, 5.41) is 16.0. The first-order chi connectivity index (χ1) is 8.14. The van der Waals surface area contributed by atoms with E-state index in [1.807, 2.05) is 0 Å². The van der Waals surface area contributed by atoms with Crippen LogP contribution in [0.15, 0.2) is 40.7 Å². The number of hydrogen-bond donors (Lipinski definition) is 1. The molecule has 0 spiro atoms. The molecular formula is C11H14N2O4. The molecule has 1 aromatic rings. The Bertz CT molecular complexity index is 394. The molecule has 1 aromatic carbocycles. The van der Waals surface area contributed by atoms with Gasteiger partial charge < -0.3 is 14.7 Å². The Morgan fingerprint density at radius 3 is 2.53 bits per heavy atom. The highest BCUT2D eigenvalue weighted by atomic mass is 16.6. The summed E-state index contributed by atoms with van der Waals surface area (Å²) in [5.41, 5.74) is -1.75. The van der Waals surface area contributed by atoms with Crippen molar-refractivity contribution >= 4 is 5.97 Å². The lowest BCUT2D eigenvalue weighted by Crippen LogP contribution is -2.41. The van der Waals surface area contributed by atoms with Crippen molar-refractivity contribution in [3.8, 4) is 5.75 Å². The number of carbonyl (C=O) groups is 1. The standard InChI is InChI=1S/C11H14N2O4/c1-3-11(10(14)15,12-13-16-2)17-9-7-5-4-6-8-9/h4-8H,3H2,1-2H3,(H,14,15). The molecule has 1 unspecified atom stereocenters. The summed E-state index contributed by atoms with van der Waals surface area (Å²) < 4.78 is 5.37. The SMILES string of the molecule is CCC(N=NOC)(Oc1ccccc1)C(=O)O. The summed E-state index contributed by atoms with van der Waals surface area (Å²) in [5.74, 6) is -0.809. The van der Waals surface area contributed by atoms with Crippen LogP contribution in [0.1, 0.15) is 13.3 Å². The van der Waals surface area contributed by atoms with Crippen molar-refractivity contribution in [1.82, 2.24) is 0 Å². The zero-order chi connectivity index (χ0) is 12.7. The average Bonchev–Trinajstić information content (AvgIpc) is 2.35. The normalized spacial score (nSPS) is 14.2. The monoisotopic (exact) mass is 238 g/mol. The molecule has 17 heavy (non-hydrogen) atoms. The number of rotatable bonds is 6. The fraction of sp³-hybridized carbons (Fsp3) is 0.364. The van der Waals surface area contributed by atoms with Crippen LogP contribution in [-0.2, 0) is 9.63 Å². The van der Waals surface area contributed by atoms with Crippen molar-refractivity contribution in [2.75, 3.05) is 7.11 Å². The molecule has 0 fully saturated rings. The van der Waals surface area contributed by atoms with Gasteiger partial charge in [-0.2, -0.15) is 0 Å². The predicted octanol–water partition coefficient (Wildman–Crippen LogP) is 2.27. The molecular weight excluding hydrogens is 224 g/mol. The maximum atomic E-state index is 11.2. The number of aliphatic carboxylic acids is 1. The van der Waals surface area contributed by atoms with Crippen molar-refractivity contribution in [1.29, 1.82) is 0 Å². The molecule has 6 heteroatoms. The summed E-state index contributed by atoms with van der Waals surface area (Å²) >= 11 is 0. The second kappa shape index (κ2) is 5.83.